The highest BCUT2D eigenvalue weighted by molar-refractivity contribution is 9.08. The van der Waals surface area contributed by atoms with Crippen molar-refractivity contribution in [1.82, 2.24) is 10.2 Å². The molecule has 1 aromatic heterocycles. The number of alkyl halides is 1. The van der Waals surface area contributed by atoms with E-state index in [1.54, 1.807) is 0 Å². The number of hydrogen-bond donors (Lipinski definition) is 2. The van der Waals surface area contributed by atoms with Gasteiger partial charge in [0.15, 0.2) is 5.75 Å². The second-order valence-corrected chi connectivity index (χ2v) is 1.93. The molecule has 0 saturated heterocycles. The summed E-state index contributed by atoms with van der Waals surface area (Å²) >= 11 is 3.16. The Bertz CT molecular complexity index is 174. The van der Waals surface area contributed by atoms with Crippen LogP contribution >= 0.6 is 15.9 Å². The maximum absolute atomic E-state index is 8.83. The molecule has 44 valence electrons. The molecule has 0 spiro atoms. The van der Waals surface area contributed by atoms with E-state index in [2.05, 4.69) is 26.1 Å². The Morgan fingerprint density at radius 1 is 1.88 bits per heavy atom. The van der Waals surface area contributed by atoms with Gasteiger partial charge in [0.2, 0.25) is 0 Å². The molecule has 0 aliphatic carbocycles. The molecule has 8 heavy (non-hydrogen) atoms. The third kappa shape index (κ3) is 0.838. The maximum atomic E-state index is 8.83. The van der Waals surface area contributed by atoms with E-state index in [4.69, 9.17) is 5.11 Å². The van der Waals surface area contributed by atoms with Crippen molar-refractivity contribution < 1.29 is 5.11 Å². The molecule has 0 bridgehead atoms. The molecule has 0 unspecified atom stereocenters. The van der Waals surface area contributed by atoms with E-state index in [-0.39, 0.29) is 5.75 Å². The minimum absolute atomic E-state index is 0.210. The third-order valence-electron chi connectivity index (χ3n) is 0.829. The molecule has 4 heteroatoms. The number of nitrogens with zero attached hydrogens (tertiary/aromatic N) is 1. The molecule has 2 N–H and O–H groups in total. The summed E-state index contributed by atoms with van der Waals surface area (Å²) in [4.78, 5) is 0. The summed E-state index contributed by atoms with van der Waals surface area (Å²) in [6.45, 7) is 0. The molecule has 0 aliphatic rings. The van der Waals surface area contributed by atoms with Crippen LogP contribution in [0.15, 0.2) is 6.20 Å². The van der Waals surface area contributed by atoms with Gasteiger partial charge in [0.05, 0.1) is 11.9 Å². The molecule has 0 fully saturated rings. The van der Waals surface area contributed by atoms with Crippen LogP contribution in [0, 0.1) is 0 Å². The summed E-state index contributed by atoms with van der Waals surface area (Å²) in [5, 5.41) is 15.6. The second-order valence-electron chi connectivity index (χ2n) is 1.37. The molecule has 0 amide bonds. The van der Waals surface area contributed by atoms with Gasteiger partial charge in [0.25, 0.3) is 0 Å². The zero-order valence-electron chi connectivity index (χ0n) is 4.06. The Labute approximate surface area is 54.9 Å². The van der Waals surface area contributed by atoms with Crippen LogP contribution in [-0.2, 0) is 5.33 Å². The van der Waals surface area contributed by atoms with Crippen molar-refractivity contribution in [2.24, 2.45) is 0 Å². The van der Waals surface area contributed by atoms with E-state index in [9.17, 15) is 0 Å². The number of aromatic nitrogens is 2. The van der Waals surface area contributed by atoms with Crippen LogP contribution in [0.4, 0.5) is 0 Å². The van der Waals surface area contributed by atoms with Crippen molar-refractivity contribution in [3.63, 3.8) is 0 Å². The van der Waals surface area contributed by atoms with Crippen molar-refractivity contribution in [2.75, 3.05) is 0 Å². The Morgan fingerprint density at radius 2 is 2.62 bits per heavy atom. The molecule has 0 aromatic carbocycles. The van der Waals surface area contributed by atoms with E-state index < -0.39 is 0 Å². The summed E-state index contributed by atoms with van der Waals surface area (Å²) in [6, 6.07) is 0. The van der Waals surface area contributed by atoms with Crippen LogP contribution < -0.4 is 0 Å². The van der Waals surface area contributed by atoms with Gasteiger partial charge in [-0.2, -0.15) is 5.10 Å². The van der Waals surface area contributed by atoms with E-state index in [0.29, 0.717) is 11.0 Å². The van der Waals surface area contributed by atoms with Gasteiger partial charge in [0.1, 0.15) is 0 Å². The molecule has 1 rings (SSSR count). The number of H-pyrrole nitrogens is 1. The number of halogens is 1. The number of aromatic hydroxyl groups is 1. The molecule has 3 nitrogen and oxygen atoms in total. The Balaban J connectivity index is 2.92. The lowest BCUT2D eigenvalue weighted by Crippen LogP contribution is -1.74. The highest BCUT2D eigenvalue weighted by Gasteiger charge is 1.97. The molecule has 0 atom stereocenters. The Hall–Kier alpha value is -0.510. The van der Waals surface area contributed by atoms with Crippen molar-refractivity contribution in [3.8, 4) is 5.75 Å². The largest absolute Gasteiger partial charge is 0.504 e. The summed E-state index contributed by atoms with van der Waals surface area (Å²) < 4.78 is 0. The Kier molecular flexibility index (Phi) is 1.53. The fourth-order valence-corrected chi connectivity index (χ4v) is 0.818. The van der Waals surface area contributed by atoms with Gasteiger partial charge >= 0.3 is 0 Å². The van der Waals surface area contributed by atoms with Crippen LogP contribution in [0.25, 0.3) is 0 Å². The fourth-order valence-electron chi connectivity index (χ4n) is 0.405. The van der Waals surface area contributed by atoms with E-state index >= 15 is 0 Å². The van der Waals surface area contributed by atoms with Gasteiger partial charge in [-0.15, -0.1) is 0 Å². The first-order valence-electron chi connectivity index (χ1n) is 2.11. The van der Waals surface area contributed by atoms with E-state index in [1.807, 2.05) is 0 Å². The van der Waals surface area contributed by atoms with Crippen molar-refractivity contribution in [1.29, 1.82) is 0 Å². The van der Waals surface area contributed by atoms with Crippen LogP contribution in [0.1, 0.15) is 5.69 Å². The lowest BCUT2D eigenvalue weighted by atomic mass is 10.5. The summed E-state index contributed by atoms with van der Waals surface area (Å²) in [7, 11) is 0. The third-order valence-corrected chi connectivity index (χ3v) is 1.39. The van der Waals surface area contributed by atoms with Crippen LogP contribution in [0.2, 0.25) is 0 Å². The normalized spacial score (nSPS) is 9.62. The van der Waals surface area contributed by atoms with Gasteiger partial charge in [-0.05, 0) is 0 Å². The van der Waals surface area contributed by atoms with Gasteiger partial charge in [-0.1, -0.05) is 15.9 Å². The first-order chi connectivity index (χ1) is 3.84. The predicted molar refractivity (Wildman–Crippen MR) is 32.9 cm³/mol. The molecular formula is C4H5BrN2O. The quantitative estimate of drug-likeness (QED) is 0.628. The molecule has 1 aromatic rings. The van der Waals surface area contributed by atoms with Gasteiger partial charge < -0.3 is 5.11 Å². The van der Waals surface area contributed by atoms with Crippen molar-refractivity contribution >= 4 is 15.9 Å². The number of rotatable bonds is 1. The average Bonchev–Trinajstić information content (AvgIpc) is 2.14. The zero-order valence-corrected chi connectivity index (χ0v) is 5.64. The predicted octanol–water partition coefficient (Wildman–Crippen LogP) is 1.01. The highest BCUT2D eigenvalue weighted by atomic mass is 79.9. The SMILES string of the molecule is Oc1cn[nH]c1CBr. The molecule has 0 aliphatic heterocycles. The number of nitrogens with one attached hydrogen (secondary N) is 1. The molecule has 1 heterocycles. The lowest BCUT2D eigenvalue weighted by Gasteiger charge is -1.84. The van der Waals surface area contributed by atoms with Crippen LogP contribution in [0.5, 0.6) is 5.75 Å². The highest BCUT2D eigenvalue weighted by Crippen LogP contribution is 2.13. The summed E-state index contributed by atoms with van der Waals surface area (Å²) in [6.07, 6.45) is 1.37. The van der Waals surface area contributed by atoms with Crippen LogP contribution in [-0.4, -0.2) is 15.3 Å². The van der Waals surface area contributed by atoms with E-state index in [0.717, 1.165) is 0 Å². The lowest BCUT2D eigenvalue weighted by molar-refractivity contribution is 0.471. The Morgan fingerprint density at radius 3 is 2.88 bits per heavy atom. The summed E-state index contributed by atoms with van der Waals surface area (Å²) in [5.41, 5.74) is 0.713. The first kappa shape index (κ1) is 5.62. The number of aromatic amines is 1. The monoisotopic (exact) mass is 176 g/mol. The van der Waals surface area contributed by atoms with Gasteiger partial charge in [-0.25, -0.2) is 0 Å². The van der Waals surface area contributed by atoms with E-state index in [1.165, 1.54) is 6.20 Å². The fraction of sp³-hybridized carbons (Fsp3) is 0.250. The second kappa shape index (κ2) is 2.17. The zero-order chi connectivity index (χ0) is 5.98. The molecule has 0 radical (unpaired) electrons. The van der Waals surface area contributed by atoms with Crippen molar-refractivity contribution in [2.45, 2.75) is 5.33 Å². The minimum Gasteiger partial charge on any atom is -0.504 e. The first-order valence-corrected chi connectivity index (χ1v) is 3.24. The summed E-state index contributed by atoms with van der Waals surface area (Å²) in [5.74, 6) is 0.210. The van der Waals surface area contributed by atoms with Gasteiger partial charge in [-0.3, -0.25) is 5.10 Å². The minimum atomic E-state index is 0.210. The van der Waals surface area contributed by atoms with Gasteiger partial charge in [0, 0.05) is 5.33 Å². The molecular weight excluding hydrogens is 172 g/mol. The maximum Gasteiger partial charge on any atom is 0.157 e. The molecule has 0 saturated carbocycles. The smallest absolute Gasteiger partial charge is 0.157 e. The standard InChI is InChI=1S/C4H5BrN2O/c5-1-3-4(8)2-6-7-3/h2,8H,1H2,(H,6,7). The number of hydrogen-bond acceptors (Lipinski definition) is 2. The topological polar surface area (TPSA) is 48.9 Å². The van der Waals surface area contributed by atoms with Crippen LogP contribution in [0.3, 0.4) is 0 Å². The van der Waals surface area contributed by atoms with Crippen molar-refractivity contribution in [3.05, 3.63) is 11.9 Å². The average molecular weight is 177 g/mol.